The first-order valence-corrected chi connectivity index (χ1v) is 2.60. The molecule has 0 bridgehead atoms. The monoisotopic (exact) mass is 227 g/mol. The van der Waals surface area contributed by atoms with Crippen LogP contribution in [0.3, 0.4) is 0 Å². The number of aliphatic hydroxyl groups is 1. The van der Waals surface area contributed by atoms with Crippen LogP contribution in [0.1, 0.15) is 6.92 Å². The number of carboxylic acid groups (broad SMARTS) is 2. The molecule has 0 heterocycles. The number of carbonyl (C=O) groups excluding carboxylic acids is 1. The molecule has 7 heteroatoms. The maximum Gasteiger partial charge on any atom is 1.00 e. The average molecular weight is 227 g/mol. The smallest absolute Gasteiger partial charge is 0.652 e. The zero-order valence-corrected chi connectivity index (χ0v) is 14.4. The molecule has 1 unspecified atom stereocenters. The van der Waals surface area contributed by atoms with Crippen molar-refractivity contribution < 1.29 is 123 Å². The van der Waals surface area contributed by atoms with Crippen molar-refractivity contribution in [1.29, 1.82) is 0 Å². The molecule has 0 fully saturated rings. The molecule has 0 aliphatic heterocycles. The van der Waals surface area contributed by atoms with Crippen LogP contribution in [0.5, 0.6) is 0 Å². The van der Waals surface area contributed by atoms with E-state index in [2.05, 4.69) is 0 Å². The summed E-state index contributed by atoms with van der Waals surface area (Å²) in [7, 11) is 3.65. The molecule has 0 rings (SSSR count). The van der Waals surface area contributed by atoms with Gasteiger partial charge in [0.25, 0.3) is 0 Å². The number of nitrogens with zero attached hydrogens (tertiary/aromatic N) is 1. The second-order valence-corrected chi connectivity index (χ2v) is 1.85. The van der Waals surface area contributed by atoms with Gasteiger partial charge in [-0.05, 0) is 27.2 Å². The van der Waals surface area contributed by atoms with Gasteiger partial charge in [-0.1, -0.05) is 0 Å². The van der Waals surface area contributed by atoms with Crippen LogP contribution in [-0.4, -0.2) is 36.5 Å². The van der Waals surface area contributed by atoms with Gasteiger partial charge < -0.3 is 20.1 Å². The van der Waals surface area contributed by atoms with Gasteiger partial charge >= 0.3 is 103 Å². The van der Waals surface area contributed by atoms with Gasteiger partial charge in [0.2, 0.25) is 0 Å². The van der Waals surface area contributed by atoms with E-state index in [1.54, 1.807) is 11.8 Å². The van der Waals surface area contributed by atoms with E-state index in [1.807, 2.05) is 14.1 Å². The van der Waals surface area contributed by atoms with E-state index in [0.717, 1.165) is 0 Å². The predicted molar refractivity (Wildman–Crippen MR) is 30.8 cm³/mol. The molecule has 0 aromatic heterocycles. The van der Waals surface area contributed by atoms with Crippen molar-refractivity contribution in [1.82, 2.24) is 4.90 Å². The summed E-state index contributed by atoms with van der Waals surface area (Å²) in [6.07, 6.45) is -2.65. The van der Waals surface area contributed by atoms with Gasteiger partial charge in [-0.15, -0.1) is 0 Å². The van der Waals surface area contributed by atoms with Crippen molar-refractivity contribution in [3.05, 3.63) is 0 Å². The Labute approximate surface area is 157 Å². The summed E-state index contributed by atoms with van der Waals surface area (Å²) < 4.78 is 0. The zero-order valence-electron chi connectivity index (χ0n) is 8.20. The Morgan fingerprint density at radius 2 is 1.42 bits per heavy atom. The number of rotatable bonds is 1. The molecule has 1 N–H and O–H groups in total. The van der Waals surface area contributed by atoms with Crippen LogP contribution < -0.4 is 113 Å². The fraction of sp³-hybridized carbons (Fsp3) is 0.800. The summed E-state index contributed by atoms with van der Waals surface area (Å²) in [4.78, 5) is 10.1. The standard InChI is InChI=1S/C4H11NO.CH2O3.2K/c1-4(6)5(2)3;2-1(3)4;;/h4,6H,1-3H3;(H2,2,3,4);;/q;;2*+1/p-2. The molecule has 5 nitrogen and oxygen atoms in total. The Morgan fingerprint density at radius 3 is 1.42 bits per heavy atom. The van der Waals surface area contributed by atoms with Gasteiger partial charge in [0.05, 0.1) is 0 Å². The van der Waals surface area contributed by atoms with E-state index >= 15 is 0 Å². The summed E-state index contributed by atoms with van der Waals surface area (Å²) >= 11 is 0. The largest absolute Gasteiger partial charge is 1.00 e. The van der Waals surface area contributed by atoms with E-state index in [9.17, 15) is 0 Å². The van der Waals surface area contributed by atoms with Gasteiger partial charge in [0.1, 0.15) is 6.23 Å². The van der Waals surface area contributed by atoms with Gasteiger partial charge in [0, 0.05) is 0 Å². The number of hydrogen-bond donors (Lipinski definition) is 1. The Bertz CT molecular complexity index is 89.4. The molecule has 62 valence electrons. The fourth-order valence-corrected chi connectivity index (χ4v) is 0. The van der Waals surface area contributed by atoms with E-state index in [-0.39, 0.29) is 109 Å². The fourth-order valence-electron chi connectivity index (χ4n) is 0. The summed E-state index contributed by atoms with van der Waals surface area (Å²) in [5.74, 6) is 0. The third-order valence-corrected chi connectivity index (χ3v) is 0.747. The Balaban J connectivity index is -0.0000000483. The first-order chi connectivity index (χ1) is 4.37. The molecule has 0 aliphatic carbocycles. The second-order valence-electron chi connectivity index (χ2n) is 1.85. The molecule has 0 amide bonds. The molecule has 1 atom stereocenters. The average Bonchev–Trinajstić information content (AvgIpc) is 1.63. The van der Waals surface area contributed by atoms with Crippen LogP contribution in [0.4, 0.5) is 4.79 Å². The minimum Gasteiger partial charge on any atom is -0.652 e. The third kappa shape index (κ3) is 39.2. The second kappa shape index (κ2) is 15.9. The van der Waals surface area contributed by atoms with E-state index in [0.29, 0.717) is 0 Å². The Hall–Kier alpha value is 2.46. The van der Waals surface area contributed by atoms with Crippen LogP contribution in [0.2, 0.25) is 0 Å². The third-order valence-electron chi connectivity index (χ3n) is 0.747. The van der Waals surface area contributed by atoms with Crippen LogP contribution in [0.25, 0.3) is 0 Å². The van der Waals surface area contributed by atoms with Gasteiger partial charge in [-0.25, -0.2) is 0 Å². The first kappa shape index (κ1) is 23.9. The quantitative estimate of drug-likeness (QED) is 0.355. The van der Waals surface area contributed by atoms with E-state index in [4.69, 9.17) is 20.1 Å². The van der Waals surface area contributed by atoms with E-state index in [1.165, 1.54) is 0 Å². The van der Waals surface area contributed by atoms with Crippen LogP contribution in [0, 0.1) is 0 Å². The number of hydrogen-bond acceptors (Lipinski definition) is 5. The molecular formula is C5H11K2NO4. The molecular weight excluding hydrogens is 216 g/mol. The maximum absolute atomic E-state index is 8.56. The van der Waals surface area contributed by atoms with Crippen LogP contribution in [-0.2, 0) is 0 Å². The minimum absolute atomic E-state index is 0. The molecule has 0 spiro atoms. The van der Waals surface area contributed by atoms with Gasteiger partial charge in [0.15, 0.2) is 0 Å². The normalized spacial score (nSPS) is 9.75. The molecule has 0 aromatic rings. The number of carbonyl (C=O) groups is 1. The Kier molecular flexibility index (Phi) is 31.8. The predicted octanol–water partition coefficient (Wildman–Crippen LogP) is -8.55. The molecule has 0 aliphatic rings. The van der Waals surface area contributed by atoms with Crippen LogP contribution >= 0.6 is 0 Å². The van der Waals surface area contributed by atoms with Crippen molar-refractivity contribution in [2.75, 3.05) is 14.1 Å². The topological polar surface area (TPSA) is 86.7 Å². The summed E-state index contributed by atoms with van der Waals surface area (Å²) in [6, 6.07) is 0. The molecule has 12 heavy (non-hydrogen) atoms. The van der Waals surface area contributed by atoms with Crippen molar-refractivity contribution >= 4 is 6.16 Å². The molecule has 0 aromatic carbocycles. The SMILES string of the molecule is CC(O)N(C)C.O=C([O-])[O-].[K+].[K+]. The van der Waals surface area contributed by atoms with Gasteiger partial charge in [-0.3, -0.25) is 4.90 Å². The Morgan fingerprint density at radius 1 is 1.33 bits per heavy atom. The first-order valence-electron chi connectivity index (χ1n) is 2.60. The summed E-state index contributed by atoms with van der Waals surface area (Å²) in [5, 5.41) is 25.2. The molecule has 0 saturated carbocycles. The zero-order chi connectivity index (χ0) is 8.73. The molecule has 0 radical (unpaired) electrons. The maximum atomic E-state index is 8.56. The van der Waals surface area contributed by atoms with Crippen LogP contribution in [0.15, 0.2) is 0 Å². The number of aliphatic hydroxyl groups excluding tert-OH is 1. The van der Waals surface area contributed by atoms with Crippen molar-refractivity contribution in [3.8, 4) is 0 Å². The van der Waals surface area contributed by atoms with Crippen molar-refractivity contribution in [2.45, 2.75) is 13.2 Å². The van der Waals surface area contributed by atoms with E-state index < -0.39 is 6.16 Å². The summed E-state index contributed by atoms with van der Waals surface area (Å²) in [6.45, 7) is 1.72. The minimum atomic E-state index is -2.33. The van der Waals surface area contributed by atoms with Crippen molar-refractivity contribution in [2.24, 2.45) is 0 Å². The van der Waals surface area contributed by atoms with Crippen molar-refractivity contribution in [3.63, 3.8) is 0 Å². The van der Waals surface area contributed by atoms with Gasteiger partial charge in [-0.2, -0.15) is 0 Å². The summed E-state index contributed by atoms with van der Waals surface area (Å²) in [5.41, 5.74) is 0. The molecule has 0 saturated heterocycles.